The molecule has 3 aromatic rings. The fraction of sp³-hybridized carbons (Fsp3) is 0.321. The average Bonchev–Trinajstić information content (AvgIpc) is 3.28. The quantitative estimate of drug-likeness (QED) is 0.503. The Labute approximate surface area is 231 Å². The van der Waals surface area contributed by atoms with E-state index in [0.29, 0.717) is 23.6 Å². The lowest BCUT2D eigenvalue weighted by Crippen LogP contribution is -2.60. The van der Waals surface area contributed by atoms with E-state index in [0.717, 1.165) is 46.7 Å². The zero-order chi connectivity index (χ0) is 28.3. The highest BCUT2D eigenvalue weighted by Gasteiger charge is 2.47. The van der Waals surface area contributed by atoms with Crippen LogP contribution < -0.4 is 15.3 Å². The molecule has 0 aliphatic carbocycles. The van der Waals surface area contributed by atoms with E-state index in [4.69, 9.17) is 0 Å². The Balaban J connectivity index is 1.60. The number of nitrogens with zero attached hydrogens (tertiary/aromatic N) is 4. The average molecular weight is 571 g/mol. The molecule has 208 valence electrons. The highest BCUT2D eigenvalue weighted by Crippen LogP contribution is 2.46. The predicted octanol–water partition coefficient (Wildman–Crippen LogP) is 4.38. The van der Waals surface area contributed by atoms with Gasteiger partial charge in [-0.05, 0) is 42.2 Å². The molecular formula is C28H25F3N4O4S. The number of alkyl halides is 3. The predicted molar refractivity (Wildman–Crippen MR) is 143 cm³/mol. The summed E-state index contributed by atoms with van der Waals surface area (Å²) in [6, 6.07) is 11.3. The van der Waals surface area contributed by atoms with Gasteiger partial charge in [-0.25, -0.2) is 0 Å². The molecule has 2 aromatic carbocycles. The number of thioether (sulfide) groups is 1. The van der Waals surface area contributed by atoms with Gasteiger partial charge in [0, 0.05) is 41.6 Å². The molecule has 40 heavy (non-hydrogen) atoms. The van der Waals surface area contributed by atoms with Crippen LogP contribution in [0.25, 0.3) is 0 Å². The second-order valence-electron chi connectivity index (χ2n) is 10.0. The van der Waals surface area contributed by atoms with Crippen LogP contribution in [0.3, 0.4) is 0 Å². The molecule has 1 saturated heterocycles. The number of halogens is 3. The van der Waals surface area contributed by atoms with Gasteiger partial charge in [0.1, 0.15) is 12.7 Å². The number of hydrogen-bond acceptors (Lipinski definition) is 6. The molecule has 1 aromatic heterocycles. The molecule has 0 saturated carbocycles. The molecular weight excluding hydrogens is 545 g/mol. The Kier molecular flexibility index (Phi) is 6.32. The summed E-state index contributed by atoms with van der Waals surface area (Å²) < 4.78 is 43.1. The first-order valence-corrected chi connectivity index (χ1v) is 13.8. The molecule has 0 unspecified atom stereocenters. The maximum atomic E-state index is 14.0. The Morgan fingerprint density at radius 1 is 1.02 bits per heavy atom. The summed E-state index contributed by atoms with van der Waals surface area (Å²) in [5.41, 5.74) is 1.76. The van der Waals surface area contributed by atoms with Crippen molar-refractivity contribution in [3.05, 3.63) is 87.3 Å². The zero-order valence-electron chi connectivity index (χ0n) is 21.4. The number of aromatic hydroxyl groups is 1. The van der Waals surface area contributed by atoms with Gasteiger partial charge in [-0.1, -0.05) is 30.3 Å². The molecule has 2 atom stereocenters. The maximum absolute atomic E-state index is 14.0. The van der Waals surface area contributed by atoms with E-state index in [9.17, 15) is 32.7 Å². The minimum atomic E-state index is -4.74. The normalized spacial score (nSPS) is 19.7. The molecule has 0 bridgehead atoms. The second-order valence-corrected chi connectivity index (χ2v) is 11.0. The Morgan fingerprint density at radius 2 is 1.77 bits per heavy atom. The van der Waals surface area contributed by atoms with Crippen LogP contribution in [0, 0.1) is 0 Å². The summed E-state index contributed by atoms with van der Waals surface area (Å²) in [7, 11) is 0. The van der Waals surface area contributed by atoms with Crippen LogP contribution in [-0.2, 0) is 10.5 Å². The van der Waals surface area contributed by atoms with Crippen LogP contribution in [0.1, 0.15) is 53.0 Å². The molecule has 0 spiro atoms. The summed E-state index contributed by atoms with van der Waals surface area (Å²) in [6.45, 7) is 0.987. The number of anilines is 1. The highest BCUT2D eigenvalue weighted by atomic mass is 32.2. The Morgan fingerprint density at radius 3 is 2.50 bits per heavy atom. The lowest BCUT2D eigenvalue weighted by Gasteiger charge is -2.46. The third kappa shape index (κ3) is 4.12. The van der Waals surface area contributed by atoms with Crippen LogP contribution in [0.5, 0.6) is 5.75 Å². The first-order chi connectivity index (χ1) is 19.1. The molecule has 1 fully saturated rings. The van der Waals surface area contributed by atoms with Crippen LogP contribution in [0.2, 0.25) is 0 Å². The first-order valence-electron chi connectivity index (χ1n) is 12.8. The van der Waals surface area contributed by atoms with Crippen LogP contribution in [0.15, 0.2) is 64.4 Å². The van der Waals surface area contributed by atoms with Gasteiger partial charge in [-0.3, -0.25) is 24.1 Å². The number of amides is 2. The fourth-order valence-electron chi connectivity index (χ4n) is 5.67. The molecule has 6 rings (SSSR count). The Bertz CT molecular complexity index is 1590. The van der Waals surface area contributed by atoms with Crippen LogP contribution in [-0.4, -0.2) is 51.9 Å². The fourth-order valence-corrected chi connectivity index (χ4v) is 6.81. The van der Waals surface area contributed by atoms with Gasteiger partial charge < -0.3 is 14.9 Å². The number of rotatable bonds is 3. The summed E-state index contributed by atoms with van der Waals surface area (Å²) in [5, 5.41) is 12.2. The number of carbonyl (C=O) groups excluding carboxylic acids is 2. The standard InChI is InChI=1S/C28H25F3N4O4S/c1-16(28(29,30)31)33-15-35(34-13-11-21(36)26(38)25(34)27(33)39)24-17-7-4-8-20(32-12-5-10-23(32)37)19(17)14-40-22-9-3-2-6-18(22)24/h2-4,6-9,11,13,16,24,38H,5,10,12,14-15H2,1H3/t16-,24+/m1/s1. The van der Waals surface area contributed by atoms with E-state index in [1.807, 2.05) is 42.5 Å². The molecule has 2 amide bonds. The summed E-state index contributed by atoms with van der Waals surface area (Å²) in [6.07, 6.45) is -2.26. The first kappa shape index (κ1) is 26.3. The van der Waals surface area contributed by atoms with Gasteiger partial charge in [-0.15, -0.1) is 11.8 Å². The third-order valence-corrected chi connectivity index (χ3v) is 8.88. The van der Waals surface area contributed by atoms with Crippen molar-refractivity contribution in [2.45, 2.75) is 48.7 Å². The molecule has 8 nitrogen and oxygen atoms in total. The topological polar surface area (TPSA) is 86.1 Å². The van der Waals surface area contributed by atoms with Crippen LogP contribution >= 0.6 is 11.8 Å². The SMILES string of the molecule is C[C@@H](N1CN([C@@H]2c3ccccc3SCc3c2cccc3N2CCCC2=O)n2ccc(=O)c(O)c2C1=O)C(F)(F)F. The number of carbonyl (C=O) groups is 2. The zero-order valence-corrected chi connectivity index (χ0v) is 22.2. The van der Waals surface area contributed by atoms with Gasteiger partial charge in [0.15, 0.2) is 11.4 Å². The number of hydrogen-bond donors (Lipinski definition) is 1. The van der Waals surface area contributed by atoms with Crippen molar-refractivity contribution >= 4 is 29.3 Å². The highest BCUT2D eigenvalue weighted by molar-refractivity contribution is 7.98. The van der Waals surface area contributed by atoms with Crippen molar-refractivity contribution in [2.75, 3.05) is 23.1 Å². The largest absolute Gasteiger partial charge is 0.502 e. The summed E-state index contributed by atoms with van der Waals surface area (Å²) in [5.74, 6) is -1.48. The summed E-state index contributed by atoms with van der Waals surface area (Å²) >= 11 is 1.56. The van der Waals surface area contributed by atoms with E-state index in [1.165, 1.54) is 10.9 Å². The van der Waals surface area contributed by atoms with Crippen molar-refractivity contribution in [2.24, 2.45) is 0 Å². The van der Waals surface area contributed by atoms with E-state index < -0.39 is 47.7 Å². The van der Waals surface area contributed by atoms with E-state index >= 15 is 0 Å². The second kappa shape index (κ2) is 9.61. The van der Waals surface area contributed by atoms with Gasteiger partial charge in [0.05, 0.1) is 6.04 Å². The monoisotopic (exact) mass is 570 g/mol. The van der Waals surface area contributed by atoms with Gasteiger partial charge in [0.25, 0.3) is 5.91 Å². The molecule has 3 aliphatic rings. The Hall–Kier alpha value is -3.93. The van der Waals surface area contributed by atoms with Crippen LogP contribution in [0.4, 0.5) is 18.9 Å². The molecule has 12 heteroatoms. The third-order valence-electron chi connectivity index (χ3n) is 7.76. The minimum Gasteiger partial charge on any atom is -0.502 e. The minimum absolute atomic E-state index is 0.0121. The van der Waals surface area contributed by atoms with E-state index in [2.05, 4.69) is 0 Å². The van der Waals surface area contributed by atoms with Crippen molar-refractivity contribution in [3.8, 4) is 5.75 Å². The lowest BCUT2D eigenvalue weighted by molar-refractivity contribution is -0.173. The van der Waals surface area contributed by atoms with Gasteiger partial charge in [-0.2, -0.15) is 13.2 Å². The van der Waals surface area contributed by atoms with E-state index in [1.54, 1.807) is 21.7 Å². The van der Waals surface area contributed by atoms with Gasteiger partial charge >= 0.3 is 6.18 Å². The number of pyridine rings is 1. The van der Waals surface area contributed by atoms with Crippen molar-refractivity contribution < 1.29 is 27.9 Å². The molecule has 1 N–H and O–H groups in total. The number of aromatic nitrogens is 1. The maximum Gasteiger partial charge on any atom is 0.408 e. The smallest absolute Gasteiger partial charge is 0.408 e. The van der Waals surface area contributed by atoms with Crippen molar-refractivity contribution in [1.29, 1.82) is 0 Å². The van der Waals surface area contributed by atoms with Crippen molar-refractivity contribution in [1.82, 2.24) is 9.58 Å². The van der Waals surface area contributed by atoms with Gasteiger partial charge in [0.2, 0.25) is 11.3 Å². The van der Waals surface area contributed by atoms with E-state index in [-0.39, 0.29) is 5.91 Å². The van der Waals surface area contributed by atoms with Crippen molar-refractivity contribution in [3.63, 3.8) is 0 Å². The number of fused-ring (bicyclic) bond motifs is 3. The molecule has 0 radical (unpaired) electrons. The lowest BCUT2D eigenvalue weighted by atomic mass is 9.93. The molecule has 4 heterocycles. The molecule has 3 aliphatic heterocycles. The number of benzene rings is 2. The summed E-state index contributed by atoms with van der Waals surface area (Å²) in [4.78, 5) is 41.7.